The number of rotatable bonds is 4. The summed E-state index contributed by atoms with van der Waals surface area (Å²) in [6, 6.07) is 20.2. The minimum atomic E-state index is 0.868. The summed E-state index contributed by atoms with van der Waals surface area (Å²) >= 11 is 1.59. The molecule has 0 aliphatic carbocycles. The first-order valence-electron chi connectivity index (χ1n) is 7.39. The lowest BCUT2D eigenvalue weighted by Gasteiger charge is -2.05. The fourth-order valence-electron chi connectivity index (χ4n) is 2.29. The lowest BCUT2D eigenvalue weighted by Crippen LogP contribution is -2.03. The molecule has 0 saturated carbocycles. The maximum Gasteiger partial charge on any atom is 0.100 e. The molecular formula is C19H17N3S. The van der Waals surface area contributed by atoms with E-state index in [2.05, 4.69) is 39.5 Å². The van der Waals surface area contributed by atoms with E-state index >= 15 is 0 Å². The topological polar surface area (TPSA) is 37.6 Å². The average molecular weight is 319 g/mol. The smallest absolute Gasteiger partial charge is 0.100 e. The lowest BCUT2D eigenvalue weighted by atomic mass is 10.0. The van der Waals surface area contributed by atoms with E-state index in [1.54, 1.807) is 11.3 Å². The van der Waals surface area contributed by atoms with E-state index in [9.17, 15) is 0 Å². The van der Waals surface area contributed by atoms with Gasteiger partial charge in [-0.2, -0.15) is 5.10 Å². The van der Waals surface area contributed by atoms with Crippen molar-refractivity contribution < 1.29 is 0 Å². The quantitative estimate of drug-likeness (QED) is 0.507. The van der Waals surface area contributed by atoms with Crippen molar-refractivity contribution in [3.63, 3.8) is 0 Å². The SMILES string of the molecule is C/C(=N/N=C(c1ccccc1)c1ccccc1)c1scnc1C. The second-order valence-electron chi connectivity index (χ2n) is 5.13. The Hall–Kier alpha value is -2.59. The van der Waals surface area contributed by atoms with Crippen LogP contribution < -0.4 is 0 Å². The molecule has 0 saturated heterocycles. The number of thiazole rings is 1. The predicted molar refractivity (Wildman–Crippen MR) is 97.6 cm³/mol. The van der Waals surface area contributed by atoms with Crippen LogP contribution in [0.2, 0.25) is 0 Å². The first-order valence-corrected chi connectivity index (χ1v) is 8.27. The highest BCUT2D eigenvalue weighted by atomic mass is 32.1. The van der Waals surface area contributed by atoms with Gasteiger partial charge in [-0.15, -0.1) is 16.4 Å². The second kappa shape index (κ2) is 7.11. The molecule has 1 heterocycles. The van der Waals surface area contributed by atoms with Gasteiger partial charge in [0.05, 0.1) is 21.8 Å². The van der Waals surface area contributed by atoms with E-state index in [0.29, 0.717) is 0 Å². The van der Waals surface area contributed by atoms with Gasteiger partial charge >= 0.3 is 0 Å². The molecule has 114 valence electrons. The van der Waals surface area contributed by atoms with Gasteiger partial charge in [0.25, 0.3) is 0 Å². The summed E-state index contributed by atoms with van der Waals surface area (Å²) < 4.78 is 0. The average Bonchev–Trinajstić information content (AvgIpc) is 3.03. The normalized spacial score (nSPS) is 11.3. The zero-order valence-corrected chi connectivity index (χ0v) is 13.9. The molecule has 0 aliphatic rings. The zero-order valence-electron chi connectivity index (χ0n) is 13.1. The van der Waals surface area contributed by atoms with Gasteiger partial charge in [0, 0.05) is 11.1 Å². The van der Waals surface area contributed by atoms with E-state index in [4.69, 9.17) is 0 Å². The number of hydrogen-bond donors (Lipinski definition) is 0. The van der Waals surface area contributed by atoms with E-state index < -0.39 is 0 Å². The molecule has 0 amide bonds. The molecule has 0 spiro atoms. The number of hydrogen-bond acceptors (Lipinski definition) is 4. The molecule has 2 aromatic carbocycles. The third kappa shape index (κ3) is 3.60. The van der Waals surface area contributed by atoms with Crippen LogP contribution in [-0.2, 0) is 0 Å². The molecule has 3 aromatic rings. The molecule has 0 bridgehead atoms. The van der Waals surface area contributed by atoms with Crippen molar-refractivity contribution in [3.05, 3.63) is 87.9 Å². The van der Waals surface area contributed by atoms with Crippen LogP contribution in [0, 0.1) is 6.92 Å². The van der Waals surface area contributed by atoms with E-state index in [1.807, 2.05) is 55.8 Å². The molecule has 3 nitrogen and oxygen atoms in total. The maximum atomic E-state index is 4.54. The number of aryl methyl sites for hydroxylation is 1. The zero-order chi connectivity index (χ0) is 16.1. The van der Waals surface area contributed by atoms with Crippen molar-refractivity contribution in [1.82, 2.24) is 4.98 Å². The van der Waals surface area contributed by atoms with Gasteiger partial charge in [-0.1, -0.05) is 60.7 Å². The summed E-state index contributed by atoms with van der Waals surface area (Å²) in [4.78, 5) is 5.35. The minimum Gasteiger partial charge on any atom is -0.249 e. The summed E-state index contributed by atoms with van der Waals surface area (Å²) in [7, 11) is 0. The first kappa shape index (κ1) is 15.3. The molecule has 0 fully saturated rings. The van der Waals surface area contributed by atoms with Crippen LogP contribution in [0.4, 0.5) is 0 Å². The Labute approximate surface area is 140 Å². The summed E-state index contributed by atoms with van der Waals surface area (Å²) in [5.41, 5.74) is 6.69. The van der Waals surface area contributed by atoms with Crippen LogP contribution in [0.15, 0.2) is 76.4 Å². The summed E-state index contributed by atoms with van der Waals surface area (Å²) in [5.74, 6) is 0. The number of aromatic nitrogens is 1. The number of benzene rings is 2. The van der Waals surface area contributed by atoms with Gasteiger partial charge in [0.2, 0.25) is 0 Å². The molecule has 23 heavy (non-hydrogen) atoms. The third-order valence-electron chi connectivity index (χ3n) is 3.47. The second-order valence-corrected chi connectivity index (χ2v) is 5.99. The summed E-state index contributed by atoms with van der Waals surface area (Å²) in [6.07, 6.45) is 0. The molecule has 4 heteroatoms. The molecular weight excluding hydrogens is 302 g/mol. The number of nitrogens with zero attached hydrogens (tertiary/aromatic N) is 3. The van der Waals surface area contributed by atoms with Crippen molar-refractivity contribution in [2.24, 2.45) is 10.2 Å². The van der Waals surface area contributed by atoms with Gasteiger partial charge in [0.1, 0.15) is 5.71 Å². The van der Waals surface area contributed by atoms with Gasteiger partial charge in [-0.05, 0) is 13.8 Å². The van der Waals surface area contributed by atoms with Crippen molar-refractivity contribution in [1.29, 1.82) is 0 Å². The Balaban J connectivity index is 2.04. The third-order valence-corrected chi connectivity index (χ3v) is 4.51. The Bertz CT molecular complexity index is 792. The maximum absolute atomic E-state index is 4.54. The summed E-state index contributed by atoms with van der Waals surface area (Å²) in [5, 5.41) is 9.00. The molecule has 1 aromatic heterocycles. The molecule has 0 atom stereocenters. The van der Waals surface area contributed by atoms with Gasteiger partial charge < -0.3 is 0 Å². The standard InChI is InChI=1S/C19H17N3S/c1-14-19(23-13-20-14)15(2)21-22-18(16-9-5-3-6-10-16)17-11-7-4-8-12-17/h3-13H,1-2H3/b21-15-. The van der Waals surface area contributed by atoms with Crippen LogP contribution in [0.1, 0.15) is 28.6 Å². The molecule has 0 radical (unpaired) electrons. The summed E-state index contributed by atoms with van der Waals surface area (Å²) in [6.45, 7) is 3.96. The van der Waals surface area contributed by atoms with Crippen LogP contribution in [0.3, 0.4) is 0 Å². The lowest BCUT2D eigenvalue weighted by molar-refractivity contribution is 1.21. The van der Waals surface area contributed by atoms with Crippen molar-refractivity contribution in [3.8, 4) is 0 Å². The highest BCUT2D eigenvalue weighted by Gasteiger charge is 2.08. The highest BCUT2D eigenvalue weighted by molar-refractivity contribution is 7.12. The highest BCUT2D eigenvalue weighted by Crippen LogP contribution is 2.15. The monoisotopic (exact) mass is 319 g/mol. The molecule has 3 rings (SSSR count). The van der Waals surface area contributed by atoms with E-state index in [1.165, 1.54) is 0 Å². The minimum absolute atomic E-state index is 0.868. The molecule has 0 aliphatic heterocycles. The first-order chi connectivity index (χ1) is 11.3. The van der Waals surface area contributed by atoms with Gasteiger partial charge in [-0.25, -0.2) is 4.98 Å². The van der Waals surface area contributed by atoms with Crippen molar-refractivity contribution >= 4 is 22.8 Å². The van der Waals surface area contributed by atoms with Crippen LogP contribution in [0.5, 0.6) is 0 Å². The van der Waals surface area contributed by atoms with Crippen molar-refractivity contribution in [2.45, 2.75) is 13.8 Å². The predicted octanol–water partition coefficient (Wildman–Crippen LogP) is 4.71. The van der Waals surface area contributed by atoms with Gasteiger partial charge in [0.15, 0.2) is 0 Å². The van der Waals surface area contributed by atoms with E-state index in [0.717, 1.165) is 33.1 Å². The van der Waals surface area contributed by atoms with Gasteiger partial charge in [-0.3, -0.25) is 0 Å². The Kier molecular flexibility index (Phi) is 4.74. The Morgan fingerprint density at radius 2 is 1.43 bits per heavy atom. The Morgan fingerprint density at radius 1 is 0.870 bits per heavy atom. The van der Waals surface area contributed by atoms with E-state index in [-0.39, 0.29) is 0 Å². The fraction of sp³-hybridized carbons (Fsp3) is 0.105. The molecule has 0 N–H and O–H groups in total. The van der Waals surface area contributed by atoms with Crippen LogP contribution >= 0.6 is 11.3 Å². The largest absolute Gasteiger partial charge is 0.249 e. The van der Waals surface area contributed by atoms with Crippen molar-refractivity contribution in [2.75, 3.05) is 0 Å². The molecule has 0 unspecified atom stereocenters. The fourth-order valence-corrected chi connectivity index (χ4v) is 3.04. The van der Waals surface area contributed by atoms with Crippen LogP contribution in [-0.4, -0.2) is 16.4 Å². The Morgan fingerprint density at radius 3 is 1.91 bits per heavy atom. The van der Waals surface area contributed by atoms with Crippen LogP contribution in [0.25, 0.3) is 0 Å².